The third-order valence-corrected chi connectivity index (χ3v) is 6.54. The molecule has 0 amide bonds. The van der Waals surface area contributed by atoms with Gasteiger partial charge in [0.1, 0.15) is 0 Å². The van der Waals surface area contributed by atoms with Gasteiger partial charge in [-0.15, -0.1) is 0 Å². The molecule has 29 heavy (non-hydrogen) atoms. The Morgan fingerprint density at radius 1 is 0.793 bits per heavy atom. The van der Waals surface area contributed by atoms with Crippen LogP contribution in [0.1, 0.15) is 31.7 Å². The fourth-order valence-corrected chi connectivity index (χ4v) is 4.86. The summed E-state index contributed by atoms with van der Waals surface area (Å²) in [6.45, 7) is 4.26. The molecule has 0 fully saturated rings. The van der Waals surface area contributed by atoms with Gasteiger partial charge in [-0.3, -0.25) is 9.59 Å². The Hall–Kier alpha value is -3.46. The summed E-state index contributed by atoms with van der Waals surface area (Å²) >= 11 is 0. The zero-order chi connectivity index (χ0) is 19.9. The van der Waals surface area contributed by atoms with Gasteiger partial charge in [-0.05, 0) is 35.4 Å². The van der Waals surface area contributed by atoms with Gasteiger partial charge < -0.3 is 4.40 Å². The van der Waals surface area contributed by atoms with Gasteiger partial charge in [0.2, 0.25) is 0 Å². The minimum absolute atomic E-state index is 0.0249. The zero-order valence-electron chi connectivity index (χ0n) is 16.3. The number of benzene rings is 3. The number of aromatic nitrogens is 1. The molecule has 0 aliphatic rings. The van der Waals surface area contributed by atoms with E-state index in [4.69, 9.17) is 0 Å². The van der Waals surface area contributed by atoms with Crippen molar-refractivity contribution in [3.05, 3.63) is 86.7 Å². The van der Waals surface area contributed by atoms with Crippen molar-refractivity contribution >= 4 is 48.9 Å². The van der Waals surface area contributed by atoms with Crippen LogP contribution >= 0.6 is 0 Å². The predicted molar refractivity (Wildman–Crippen MR) is 121 cm³/mol. The first kappa shape index (κ1) is 16.5. The molecule has 0 bridgehead atoms. The van der Waals surface area contributed by atoms with Crippen LogP contribution in [0.15, 0.2) is 70.3 Å². The molecular formula is C26H19NO2. The first-order chi connectivity index (χ1) is 14.1. The fourth-order valence-electron chi connectivity index (χ4n) is 4.86. The van der Waals surface area contributed by atoms with E-state index in [9.17, 15) is 9.59 Å². The highest BCUT2D eigenvalue weighted by Crippen LogP contribution is 2.36. The van der Waals surface area contributed by atoms with Gasteiger partial charge in [0.25, 0.3) is 0 Å². The van der Waals surface area contributed by atoms with E-state index in [0.29, 0.717) is 16.7 Å². The molecular weight excluding hydrogens is 358 g/mol. The molecule has 0 aliphatic carbocycles. The number of nitrogens with zero attached hydrogens (tertiary/aromatic N) is 1. The monoisotopic (exact) mass is 377 g/mol. The lowest BCUT2D eigenvalue weighted by atomic mass is 9.93. The third-order valence-electron chi connectivity index (χ3n) is 6.54. The summed E-state index contributed by atoms with van der Waals surface area (Å²) in [5.74, 6) is 0.295. The third kappa shape index (κ3) is 2.02. The lowest BCUT2D eigenvalue weighted by molar-refractivity contribution is 0.735. The molecule has 140 valence electrons. The molecule has 6 rings (SSSR count). The largest absolute Gasteiger partial charge is 0.307 e. The van der Waals surface area contributed by atoms with Gasteiger partial charge in [0.15, 0.2) is 10.9 Å². The maximum absolute atomic E-state index is 13.2. The van der Waals surface area contributed by atoms with Crippen LogP contribution < -0.4 is 10.9 Å². The average Bonchev–Trinajstić information content (AvgIpc) is 2.75. The van der Waals surface area contributed by atoms with Crippen LogP contribution in [0.4, 0.5) is 0 Å². The zero-order valence-corrected chi connectivity index (χ0v) is 16.3. The van der Waals surface area contributed by atoms with Gasteiger partial charge in [0, 0.05) is 39.1 Å². The lowest BCUT2D eigenvalue weighted by Crippen LogP contribution is -2.14. The number of hydrogen-bond donors (Lipinski definition) is 0. The van der Waals surface area contributed by atoms with Gasteiger partial charge in [0.05, 0.1) is 16.6 Å². The van der Waals surface area contributed by atoms with E-state index in [-0.39, 0.29) is 10.9 Å². The molecule has 0 spiro atoms. The minimum atomic E-state index is -0.0249. The molecule has 0 saturated carbocycles. The van der Waals surface area contributed by atoms with Gasteiger partial charge in [-0.2, -0.15) is 0 Å². The first-order valence-corrected chi connectivity index (χ1v) is 10.1. The summed E-state index contributed by atoms with van der Waals surface area (Å²) in [6, 6.07) is 19.8. The van der Waals surface area contributed by atoms with E-state index in [2.05, 4.69) is 42.5 Å². The van der Waals surface area contributed by atoms with Gasteiger partial charge in [-0.25, -0.2) is 0 Å². The molecule has 1 atom stereocenters. The van der Waals surface area contributed by atoms with Crippen molar-refractivity contribution < 1.29 is 0 Å². The number of fused-ring (bicyclic) bond motifs is 2. The molecule has 1 unspecified atom stereocenters. The van der Waals surface area contributed by atoms with Crippen LogP contribution in [0.25, 0.3) is 48.9 Å². The summed E-state index contributed by atoms with van der Waals surface area (Å²) < 4.78 is 2.12. The quantitative estimate of drug-likeness (QED) is 0.288. The number of rotatable bonds is 2. The maximum Gasteiger partial charge on any atom is 0.190 e. The van der Waals surface area contributed by atoms with Crippen LogP contribution in [0.3, 0.4) is 0 Å². The Labute approximate surface area is 166 Å². The summed E-state index contributed by atoms with van der Waals surface area (Å²) in [7, 11) is 0. The van der Waals surface area contributed by atoms with Crippen molar-refractivity contribution in [2.24, 2.45) is 0 Å². The van der Waals surface area contributed by atoms with Crippen LogP contribution in [0.2, 0.25) is 0 Å². The smallest absolute Gasteiger partial charge is 0.190 e. The highest BCUT2D eigenvalue weighted by atomic mass is 16.1. The van der Waals surface area contributed by atoms with Gasteiger partial charge in [-0.1, -0.05) is 50.2 Å². The lowest BCUT2D eigenvalue weighted by Gasteiger charge is -2.19. The van der Waals surface area contributed by atoms with Crippen molar-refractivity contribution in [3.8, 4) is 0 Å². The molecule has 3 aromatic carbocycles. The van der Waals surface area contributed by atoms with Crippen molar-refractivity contribution in [2.75, 3.05) is 0 Å². The predicted octanol–water partition coefficient (Wildman–Crippen LogP) is 5.66. The van der Waals surface area contributed by atoms with E-state index in [1.165, 1.54) is 0 Å². The summed E-state index contributed by atoms with van der Waals surface area (Å²) in [4.78, 5) is 26.4. The van der Waals surface area contributed by atoms with Crippen molar-refractivity contribution in [2.45, 2.75) is 26.2 Å². The normalized spacial score (nSPS) is 13.4. The van der Waals surface area contributed by atoms with E-state index >= 15 is 0 Å². The van der Waals surface area contributed by atoms with Crippen molar-refractivity contribution in [1.82, 2.24) is 4.40 Å². The first-order valence-electron chi connectivity index (χ1n) is 10.1. The van der Waals surface area contributed by atoms with E-state index in [1.54, 1.807) is 12.1 Å². The summed E-state index contributed by atoms with van der Waals surface area (Å²) in [6.07, 6.45) is 0.960. The van der Waals surface area contributed by atoms with Crippen LogP contribution in [0.5, 0.6) is 0 Å². The molecule has 3 heteroatoms. The Morgan fingerprint density at radius 3 is 1.86 bits per heavy atom. The van der Waals surface area contributed by atoms with Crippen LogP contribution in [-0.2, 0) is 0 Å². The van der Waals surface area contributed by atoms with Crippen LogP contribution in [0, 0.1) is 0 Å². The molecule has 3 nitrogen and oxygen atoms in total. The Bertz CT molecular complexity index is 1580. The molecule has 0 saturated heterocycles. The average molecular weight is 377 g/mol. The molecule has 6 aromatic rings. The van der Waals surface area contributed by atoms with E-state index < -0.39 is 0 Å². The van der Waals surface area contributed by atoms with E-state index in [1.807, 2.05) is 24.3 Å². The standard InChI is InChI=1S/C26H19NO2/c1-3-14(2)16-10-19-23(28)12-21-17-8-4-6-15-7-5-9-18(25(15)17)22-13-24(29)20(11-16)26(19)27(21)22/h4-14H,3H2,1-2H3. The Balaban J connectivity index is 2.00. The number of pyridine rings is 3. The maximum atomic E-state index is 13.2. The fraction of sp³-hybridized carbons (Fsp3) is 0.154. The SMILES string of the molecule is CCC(C)c1cc2c(=O)cc3c4cccc5cccc(c54)c4cc(=O)c(c1)c2n34. The van der Waals surface area contributed by atoms with Crippen molar-refractivity contribution in [1.29, 1.82) is 0 Å². The van der Waals surface area contributed by atoms with Crippen molar-refractivity contribution in [3.63, 3.8) is 0 Å². The Morgan fingerprint density at radius 2 is 1.34 bits per heavy atom. The molecule has 3 heterocycles. The second-order valence-electron chi connectivity index (χ2n) is 8.11. The second-order valence-corrected chi connectivity index (χ2v) is 8.11. The molecule has 0 N–H and O–H groups in total. The van der Waals surface area contributed by atoms with E-state index in [0.717, 1.165) is 50.1 Å². The Kier molecular flexibility index (Phi) is 3.15. The number of hydrogen-bond acceptors (Lipinski definition) is 2. The summed E-state index contributed by atoms with van der Waals surface area (Å²) in [5, 5.41) is 5.57. The molecule has 0 aliphatic heterocycles. The highest BCUT2D eigenvalue weighted by molar-refractivity contribution is 6.22. The summed E-state index contributed by atoms with van der Waals surface area (Å²) in [5.41, 5.74) is 3.47. The topological polar surface area (TPSA) is 38.5 Å². The second kappa shape index (κ2) is 5.54. The minimum Gasteiger partial charge on any atom is -0.307 e. The van der Waals surface area contributed by atoms with Gasteiger partial charge >= 0.3 is 0 Å². The molecule has 3 aromatic heterocycles. The van der Waals surface area contributed by atoms with Crippen LogP contribution in [-0.4, -0.2) is 4.40 Å². The highest BCUT2D eigenvalue weighted by Gasteiger charge is 2.19. The molecule has 0 radical (unpaired) electrons.